The van der Waals surface area contributed by atoms with Gasteiger partial charge in [-0.15, -0.1) is 0 Å². The van der Waals surface area contributed by atoms with E-state index in [2.05, 4.69) is 44.8 Å². The van der Waals surface area contributed by atoms with Gasteiger partial charge in [0.15, 0.2) is 0 Å². The van der Waals surface area contributed by atoms with Crippen LogP contribution in [-0.4, -0.2) is 36.1 Å². The number of rotatable bonds is 4. The van der Waals surface area contributed by atoms with Gasteiger partial charge in [0.2, 0.25) is 0 Å². The Hall–Kier alpha value is -0.0800. The van der Waals surface area contributed by atoms with E-state index in [1.807, 2.05) is 0 Å². The van der Waals surface area contributed by atoms with Gasteiger partial charge in [0.05, 0.1) is 0 Å². The minimum atomic E-state index is 0.706. The number of likely N-dealkylation sites (tertiary alicyclic amines) is 1. The Balaban J connectivity index is 1.89. The summed E-state index contributed by atoms with van der Waals surface area (Å²) in [6, 6.07) is 2.21. The highest BCUT2D eigenvalue weighted by atomic mass is 15.2. The first-order chi connectivity index (χ1) is 8.97. The first-order valence-corrected chi connectivity index (χ1v) is 8.47. The summed E-state index contributed by atoms with van der Waals surface area (Å²) < 4.78 is 0. The summed E-state index contributed by atoms with van der Waals surface area (Å²) in [5.74, 6) is 2.63. The van der Waals surface area contributed by atoms with Crippen molar-refractivity contribution in [2.45, 2.75) is 78.4 Å². The van der Waals surface area contributed by atoms with Crippen LogP contribution in [-0.2, 0) is 0 Å². The minimum Gasteiger partial charge on any atom is -0.310 e. The molecule has 1 aliphatic carbocycles. The standard InChI is InChI=1S/C17H34N2/c1-12(2)16-7-6-14(5)10-17(16)18-15-8-9-19(11-15)13(3)4/h12-18H,6-11H2,1-5H3. The van der Waals surface area contributed by atoms with Gasteiger partial charge in [0.1, 0.15) is 0 Å². The lowest BCUT2D eigenvalue weighted by Gasteiger charge is -2.39. The van der Waals surface area contributed by atoms with Crippen molar-refractivity contribution in [2.75, 3.05) is 13.1 Å². The fraction of sp³-hybridized carbons (Fsp3) is 1.00. The molecule has 1 saturated carbocycles. The Morgan fingerprint density at radius 1 is 1.05 bits per heavy atom. The molecule has 2 fully saturated rings. The highest BCUT2D eigenvalue weighted by Crippen LogP contribution is 2.34. The lowest BCUT2D eigenvalue weighted by Crippen LogP contribution is -2.48. The zero-order chi connectivity index (χ0) is 14.0. The van der Waals surface area contributed by atoms with E-state index in [1.54, 1.807) is 0 Å². The molecule has 0 spiro atoms. The number of hydrogen-bond donors (Lipinski definition) is 1. The summed E-state index contributed by atoms with van der Waals surface area (Å²) in [7, 11) is 0. The molecule has 2 rings (SSSR count). The maximum atomic E-state index is 4.02. The van der Waals surface area contributed by atoms with E-state index in [9.17, 15) is 0 Å². The van der Waals surface area contributed by atoms with Crippen LogP contribution in [0.15, 0.2) is 0 Å². The Bertz CT molecular complexity index is 274. The van der Waals surface area contributed by atoms with Crippen LogP contribution in [0.3, 0.4) is 0 Å². The molecule has 4 atom stereocenters. The summed E-state index contributed by atoms with van der Waals surface area (Å²) in [5, 5.41) is 4.02. The average molecular weight is 266 g/mol. The monoisotopic (exact) mass is 266 g/mol. The van der Waals surface area contributed by atoms with Crippen molar-refractivity contribution in [3.05, 3.63) is 0 Å². The molecule has 2 heteroatoms. The third-order valence-electron chi connectivity index (χ3n) is 5.42. The van der Waals surface area contributed by atoms with Crippen molar-refractivity contribution in [3.8, 4) is 0 Å². The summed E-state index contributed by atoms with van der Waals surface area (Å²) in [5.41, 5.74) is 0. The molecule has 2 nitrogen and oxygen atoms in total. The zero-order valence-electron chi connectivity index (χ0n) is 13.7. The highest BCUT2D eigenvalue weighted by Gasteiger charge is 2.33. The van der Waals surface area contributed by atoms with E-state index < -0.39 is 0 Å². The van der Waals surface area contributed by atoms with E-state index in [-0.39, 0.29) is 0 Å². The summed E-state index contributed by atoms with van der Waals surface area (Å²) in [6.07, 6.45) is 5.59. The second-order valence-electron chi connectivity index (χ2n) is 7.67. The van der Waals surface area contributed by atoms with Gasteiger partial charge in [-0.25, -0.2) is 0 Å². The summed E-state index contributed by atoms with van der Waals surface area (Å²) in [6.45, 7) is 14.4. The van der Waals surface area contributed by atoms with E-state index in [0.29, 0.717) is 6.04 Å². The van der Waals surface area contributed by atoms with Crippen molar-refractivity contribution in [2.24, 2.45) is 17.8 Å². The van der Waals surface area contributed by atoms with E-state index in [4.69, 9.17) is 0 Å². The van der Waals surface area contributed by atoms with E-state index in [1.165, 1.54) is 38.8 Å². The molecule has 112 valence electrons. The van der Waals surface area contributed by atoms with Gasteiger partial charge < -0.3 is 5.32 Å². The predicted octanol–water partition coefficient (Wildman–Crippen LogP) is 3.52. The molecular weight excluding hydrogens is 232 g/mol. The van der Waals surface area contributed by atoms with Crippen LogP contribution in [0.1, 0.15) is 60.3 Å². The molecule has 0 radical (unpaired) electrons. The molecule has 0 aromatic rings. The van der Waals surface area contributed by atoms with Crippen molar-refractivity contribution in [1.82, 2.24) is 10.2 Å². The smallest absolute Gasteiger partial charge is 0.0210 e. The highest BCUT2D eigenvalue weighted by molar-refractivity contribution is 4.91. The summed E-state index contributed by atoms with van der Waals surface area (Å²) >= 11 is 0. The predicted molar refractivity (Wildman–Crippen MR) is 83.4 cm³/mol. The van der Waals surface area contributed by atoms with Crippen molar-refractivity contribution in [3.63, 3.8) is 0 Å². The molecule has 1 N–H and O–H groups in total. The van der Waals surface area contributed by atoms with Gasteiger partial charge in [-0.1, -0.05) is 27.2 Å². The SMILES string of the molecule is CC1CCC(C(C)C)C(NC2CCN(C(C)C)C2)C1. The minimum absolute atomic E-state index is 0.706. The first-order valence-electron chi connectivity index (χ1n) is 8.47. The maximum absolute atomic E-state index is 4.02. The number of hydrogen-bond acceptors (Lipinski definition) is 2. The third-order valence-corrected chi connectivity index (χ3v) is 5.42. The quantitative estimate of drug-likeness (QED) is 0.837. The number of nitrogens with zero attached hydrogens (tertiary/aromatic N) is 1. The molecule has 19 heavy (non-hydrogen) atoms. The molecule has 0 aromatic carbocycles. The van der Waals surface area contributed by atoms with Crippen molar-refractivity contribution in [1.29, 1.82) is 0 Å². The second-order valence-corrected chi connectivity index (χ2v) is 7.67. The normalized spacial score (nSPS) is 37.4. The molecule has 0 bridgehead atoms. The molecule has 4 unspecified atom stereocenters. The van der Waals surface area contributed by atoms with Gasteiger partial charge in [-0.05, 0) is 57.4 Å². The Morgan fingerprint density at radius 2 is 1.79 bits per heavy atom. The molecule has 0 aromatic heterocycles. The number of nitrogens with one attached hydrogen (secondary N) is 1. The zero-order valence-corrected chi connectivity index (χ0v) is 13.7. The molecule has 1 heterocycles. The van der Waals surface area contributed by atoms with Crippen LogP contribution in [0.5, 0.6) is 0 Å². The molecule has 0 amide bonds. The Labute approximate surface area is 120 Å². The van der Waals surface area contributed by atoms with E-state index in [0.717, 1.165) is 29.8 Å². The van der Waals surface area contributed by atoms with Gasteiger partial charge >= 0.3 is 0 Å². The largest absolute Gasteiger partial charge is 0.310 e. The Morgan fingerprint density at radius 3 is 2.37 bits per heavy atom. The molecule has 2 aliphatic rings. The fourth-order valence-corrected chi connectivity index (χ4v) is 4.09. The topological polar surface area (TPSA) is 15.3 Å². The van der Waals surface area contributed by atoms with Crippen LogP contribution in [0.25, 0.3) is 0 Å². The van der Waals surface area contributed by atoms with Crippen LogP contribution < -0.4 is 5.32 Å². The van der Waals surface area contributed by atoms with Crippen molar-refractivity contribution >= 4 is 0 Å². The molecular formula is C17H34N2. The van der Waals surface area contributed by atoms with Crippen LogP contribution in [0.4, 0.5) is 0 Å². The fourth-order valence-electron chi connectivity index (χ4n) is 4.09. The van der Waals surface area contributed by atoms with Gasteiger partial charge in [-0.3, -0.25) is 4.90 Å². The van der Waals surface area contributed by atoms with Crippen LogP contribution >= 0.6 is 0 Å². The van der Waals surface area contributed by atoms with Crippen LogP contribution in [0.2, 0.25) is 0 Å². The van der Waals surface area contributed by atoms with Gasteiger partial charge in [-0.2, -0.15) is 0 Å². The maximum Gasteiger partial charge on any atom is 0.0210 e. The van der Waals surface area contributed by atoms with Crippen LogP contribution in [0, 0.1) is 17.8 Å². The second kappa shape index (κ2) is 6.58. The molecule has 1 aliphatic heterocycles. The summed E-state index contributed by atoms with van der Waals surface area (Å²) in [4.78, 5) is 2.62. The molecule has 1 saturated heterocycles. The lowest BCUT2D eigenvalue weighted by molar-refractivity contribution is 0.157. The Kier molecular flexibility index (Phi) is 5.30. The van der Waals surface area contributed by atoms with Gasteiger partial charge in [0.25, 0.3) is 0 Å². The van der Waals surface area contributed by atoms with Crippen molar-refractivity contribution < 1.29 is 0 Å². The lowest BCUT2D eigenvalue weighted by atomic mass is 9.74. The van der Waals surface area contributed by atoms with Gasteiger partial charge in [0, 0.05) is 24.7 Å². The van der Waals surface area contributed by atoms with E-state index >= 15 is 0 Å². The third kappa shape index (κ3) is 3.95. The first kappa shape index (κ1) is 15.3. The average Bonchev–Trinajstić information content (AvgIpc) is 2.77.